The topological polar surface area (TPSA) is 32.9 Å². The van der Waals surface area contributed by atoms with Crippen LogP contribution in [0.25, 0.3) is 10.9 Å². The number of carbonyl (C=O) groups is 1. The van der Waals surface area contributed by atoms with Gasteiger partial charge < -0.3 is 9.78 Å². The molecule has 16 heavy (non-hydrogen) atoms. The maximum atomic E-state index is 11.0. The van der Waals surface area contributed by atoms with Crippen molar-refractivity contribution in [1.29, 1.82) is 0 Å². The zero-order valence-corrected chi connectivity index (χ0v) is 10.1. The highest BCUT2D eigenvalue weighted by molar-refractivity contribution is 5.89. The molecule has 1 heterocycles. The molecule has 2 nitrogen and oxygen atoms in total. The van der Waals surface area contributed by atoms with E-state index in [-0.39, 0.29) is 5.78 Å². The molecule has 1 N–H and O–H groups in total. The number of H-pyrrole nitrogens is 1. The van der Waals surface area contributed by atoms with E-state index in [0.29, 0.717) is 6.42 Å². The molecule has 0 saturated heterocycles. The maximum Gasteiger partial charge on any atom is 0.130 e. The third-order valence-corrected chi connectivity index (χ3v) is 3.08. The number of rotatable bonds is 3. The lowest BCUT2D eigenvalue weighted by atomic mass is 10.0. The van der Waals surface area contributed by atoms with Crippen LogP contribution in [0.15, 0.2) is 18.3 Å². The van der Waals surface area contributed by atoms with E-state index in [1.807, 2.05) is 6.20 Å². The van der Waals surface area contributed by atoms with E-state index in [1.165, 1.54) is 27.6 Å². The Kier molecular flexibility index (Phi) is 2.82. The third-order valence-electron chi connectivity index (χ3n) is 3.08. The molecule has 0 saturated carbocycles. The van der Waals surface area contributed by atoms with Crippen molar-refractivity contribution < 1.29 is 4.79 Å². The Balaban J connectivity index is 2.47. The van der Waals surface area contributed by atoms with Gasteiger partial charge in [-0.1, -0.05) is 12.1 Å². The molecule has 0 bridgehead atoms. The van der Waals surface area contributed by atoms with Crippen molar-refractivity contribution in [2.45, 2.75) is 33.6 Å². The highest BCUT2D eigenvalue weighted by atomic mass is 16.1. The largest absolute Gasteiger partial charge is 0.361 e. The van der Waals surface area contributed by atoms with Crippen LogP contribution in [0.5, 0.6) is 0 Å². The summed E-state index contributed by atoms with van der Waals surface area (Å²) in [7, 11) is 0. The lowest BCUT2D eigenvalue weighted by Gasteiger charge is -2.03. The summed E-state index contributed by atoms with van der Waals surface area (Å²) in [5, 5.41) is 1.29. The van der Waals surface area contributed by atoms with Gasteiger partial charge in [-0.05, 0) is 43.9 Å². The van der Waals surface area contributed by atoms with Crippen LogP contribution < -0.4 is 0 Å². The van der Waals surface area contributed by atoms with Gasteiger partial charge in [0.15, 0.2) is 0 Å². The normalized spacial score (nSPS) is 10.9. The predicted molar refractivity (Wildman–Crippen MR) is 66.8 cm³/mol. The monoisotopic (exact) mass is 215 g/mol. The number of hydrogen-bond acceptors (Lipinski definition) is 1. The van der Waals surface area contributed by atoms with Crippen molar-refractivity contribution in [3.05, 3.63) is 35.0 Å². The Morgan fingerprint density at radius 2 is 1.94 bits per heavy atom. The minimum absolute atomic E-state index is 0.250. The third kappa shape index (κ3) is 1.87. The number of carbonyl (C=O) groups excluding carboxylic acids is 1. The summed E-state index contributed by atoms with van der Waals surface area (Å²) in [4.78, 5) is 14.3. The Labute approximate surface area is 95.7 Å². The van der Waals surface area contributed by atoms with E-state index in [4.69, 9.17) is 0 Å². The smallest absolute Gasteiger partial charge is 0.130 e. The predicted octanol–water partition coefficient (Wildman–Crippen LogP) is 3.31. The summed E-state index contributed by atoms with van der Waals surface area (Å²) < 4.78 is 0. The molecule has 0 radical (unpaired) electrons. The first-order chi connectivity index (χ1) is 7.59. The van der Waals surface area contributed by atoms with Crippen LogP contribution in [0.3, 0.4) is 0 Å². The van der Waals surface area contributed by atoms with Crippen molar-refractivity contribution in [3.63, 3.8) is 0 Å². The number of benzene rings is 1. The van der Waals surface area contributed by atoms with Gasteiger partial charge in [0, 0.05) is 23.5 Å². The zero-order chi connectivity index (χ0) is 11.7. The van der Waals surface area contributed by atoms with E-state index in [0.717, 1.165) is 6.42 Å². The van der Waals surface area contributed by atoms with Gasteiger partial charge in [0.1, 0.15) is 5.78 Å². The lowest BCUT2D eigenvalue weighted by molar-refractivity contribution is -0.116. The fourth-order valence-corrected chi connectivity index (χ4v) is 2.15. The van der Waals surface area contributed by atoms with Gasteiger partial charge >= 0.3 is 0 Å². The van der Waals surface area contributed by atoms with Crippen LogP contribution in [0, 0.1) is 13.8 Å². The van der Waals surface area contributed by atoms with Gasteiger partial charge in [-0.3, -0.25) is 0 Å². The molecule has 1 aromatic carbocycles. The van der Waals surface area contributed by atoms with Gasteiger partial charge in [-0.2, -0.15) is 0 Å². The van der Waals surface area contributed by atoms with Crippen molar-refractivity contribution in [2.75, 3.05) is 0 Å². The molecular weight excluding hydrogens is 198 g/mol. The average Bonchev–Trinajstić information content (AvgIpc) is 2.65. The fraction of sp³-hybridized carbons (Fsp3) is 0.357. The van der Waals surface area contributed by atoms with Crippen LogP contribution in [0.1, 0.15) is 30.0 Å². The van der Waals surface area contributed by atoms with Crippen LogP contribution in [-0.4, -0.2) is 10.8 Å². The zero-order valence-electron chi connectivity index (χ0n) is 10.1. The molecule has 0 aliphatic heterocycles. The SMILES string of the molecule is CC(=O)CCc1c[nH]c2c(C)ccc(C)c12. The summed E-state index contributed by atoms with van der Waals surface area (Å²) in [6.45, 7) is 5.87. The molecule has 1 aromatic heterocycles. The van der Waals surface area contributed by atoms with Crippen molar-refractivity contribution >= 4 is 16.7 Å². The molecule has 0 spiro atoms. The number of Topliss-reactive ketones (excluding diaryl/α,β-unsaturated/α-hetero) is 1. The number of aromatic nitrogens is 1. The highest BCUT2D eigenvalue weighted by Crippen LogP contribution is 2.25. The first-order valence-corrected chi connectivity index (χ1v) is 5.65. The van der Waals surface area contributed by atoms with Crippen LogP contribution in [0.4, 0.5) is 0 Å². The summed E-state index contributed by atoms with van der Waals surface area (Å²) >= 11 is 0. The molecule has 2 rings (SSSR count). The number of nitrogens with one attached hydrogen (secondary N) is 1. The Morgan fingerprint density at radius 1 is 1.25 bits per heavy atom. The van der Waals surface area contributed by atoms with Crippen molar-refractivity contribution in [3.8, 4) is 0 Å². The highest BCUT2D eigenvalue weighted by Gasteiger charge is 2.08. The second-order valence-corrected chi connectivity index (χ2v) is 4.47. The fourth-order valence-electron chi connectivity index (χ4n) is 2.15. The van der Waals surface area contributed by atoms with E-state index >= 15 is 0 Å². The number of fused-ring (bicyclic) bond motifs is 1. The van der Waals surface area contributed by atoms with Crippen molar-refractivity contribution in [1.82, 2.24) is 4.98 Å². The molecular formula is C14H17NO. The van der Waals surface area contributed by atoms with Gasteiger partial charge in [0.2, 0.25) is 0 Å². The molecule has 2 heteroatoms. The standard InChI is InChI=1S/C14H17NO/c1-9-4-5-10(2)14-13(9)12(8-15-14)7-6-11(3)16/h4-5,8,15H,6-7H2,1-3H3. The minimum Gasteiger partial charge on any atom is -0.361 e. The Bertz CT molecular complexity index is 537. The quantitative estimate of drug-likeness (QED) is 0.837. The Morgan fingerprint density at radius 3 is 2.62 bits per heavy atom. The first-order valence-electron chi connectivity index (χ1n) is 5.65. The molecule has 0 fully saturated rings. The molecule has 0 aliphatic rings. The first kappa shape index (κ1) is 10.9. The molecule has 0 unspecified atom stereocenters. The van der Waals surface area contributed by atoms with Crippen molar-refractivity contribution in [2.24, 2.45) is 0 Å². The molecule has 0 aliphatic carbocycles. The summed E-state index contributed by atoms with van der Waals surface area (Å²) in [6, 6.07) is 4.27. The van der Waals surface area contributed by atoms with E-state index < -0.39 is 0 Å². The van der Waals surface area contributed by atoms with E-state index in [9.17, 15) is 4.79 Å². The average molecular weight is 215 g/mol. The molecule has 0 atom stereocenters. The van der Waals surface area contributed by atoms with Crippen LogP contribution in [-0.2, 0) is 11.2 Å². The minimum atomic E-state index is 0.250. The van der Waals surface area contributed by atoms with Gasteiger partial charge in [0.05, 0.1) is 0 Å². The molecule has 2 aromatic rings. The van der Waals surface area contributed by atoms with E-state index in [1.54, 1.807) is 6.92 Å². The number of aromatic amines is 1. The molecule has 0 amide bonds. The lowest BCUT2D eigenvalue weighted by Crippen LogP contribution is -1.93. The molecule has 84 valence electrons. The van der Waals surface area contributed by atoms with E-state index in [2.05, 4.69) is 31.0 Å². The number of hydrogen-bond donors (Lipinski definition) is 1. The second kappa shape index (κ2) is 4.12. The number of ketones is 1. The van der Waals surface area contributed by atoms with Crippen LogP contribution >= 0.6 is 0 Å². The van der Waals surface area contributed by atoms with Gasteiger partial charge in [0.25, 0.3) is 0 Å². The Hall–Kier alpha value is -1.57. The van der Waals surface area contributed by atoms with Crippen LogP contribution in [0.2, 0.25) is 0 Å². The summed E-state index contributed by atoms with van der Waals surface area (Å²) in [5.41, 5.74) is 5.00. The summed E-state index contributed by atoms with van der Waals surface area (Å²) in [6.07, 6.45) is 3.49. The van der Waals surface area contributed by atoms with Gasteiger partial charge in [-0.25, -0.2) is 0 Å². The maximum absolute atomic E-state index is 11.0. The van der Waals surface area contributed by atoms with Gasteiger partial charge in [-0.15, -0.1) is 0 Å². The number of aryl methyl sites for hydroxylation is 3. The second-order valence-electron chi connectivity index (χ2n) is 4.47. The summed E-state index contributed by atoms with van der Waals surface area (Å²) in [5.74, 6) is 0.250.